The summed E-state index contributed by atoms with van der Waals surface area (Å²) in [5, 5.41) is 0. The topological polar surface area (TPSA) is 52.3 Å². The van der Waals surface area contributed by atoms with Gasteiger partial charge in [-0.1, -0.05) is 17.7 Å². The van der Waals surface area contributed by atoms with Crippen LogP contribution in [0.5, 0.6) is 0 Å². The highest BCUT2D eigenvalue weighted by Crippen LogP contribution is 2.26. The van der Waals surface area contributed by atoms with Gasteiger partial charge in [-0.15, -0.1) is 12.4 Å². The van der Waals surface area contributed by atoms with Crippen LogP contribution in [-0.4, -0.2) is 18.7 Å². The van der Waals surface area contributed by atoms with Crippen LogP contribution in [0.1, 0.15) is 35.2 Å². The molecule has 1 rings (SSSR count). The van der Waals surface area contributed by atoms with Crippen LogP contribution in [0.4, 0.5) is 4.39 Å². The minimum atomic E-state index is -1.83. The average molecular weight is 290 g/mol. The summed E-state index contributed by atoms with van der Waals surface area (Å²) in [5.74, 6) is -0.899. The number of alkyl halides is 1. The number of hydrogen-bond donors (Lipinski definition) is 1. The first kappa shape index (κ1) is 17.9. The van der Waals surface area contributed by atoms with Gasteiger partial charge in [0.05, 0.1) is 12.6 Å². The molecule has 2 N–H and O–H groups in total. The van der Waals surface area contributed by atoms with E-state index >= 15 is 0 Å². The first-order valence-corrected chi connectivity index (χ1v) is 6.02. The van der Waals surface area contributed by atoms with Crippen LogP contribution in [-0.2, 0) is 9.53 Å². The predicted molar refractivity (Wildman–Crippen MR) is 76.4 cm³/mol. The van der Waals surface area contributed by atoms with Crippen molar-refractivity contribution in [1.82, 2.24) is 0 Å². The molecule has 1 unspecified atom stereocenters. The maximum Gasteiger partial charge on any atom is 0.342 e. The standard InChI is InChI=1S/C14H20FNO2.ClH/c1-5-18-14(17)12(15)13(16)11-9(3)6-8(2)7-10(11)4;/h6-7,12-13H,5,16H2,1-4H3;1H/t12?,13-;/m1./s1. The highest BCUT2D eigenvalue weighted by atomic mass is 35.5. The van der Waals surface area contributed by atoms with Crippen molar-refractivity contribution in [1.29, 1.82) is 0 Å². The largest absolute Gasteiger partial charge is 0.464 e. The van der Waals surface area contributed by atoms with Gasteiger partial charge in [-0.3, -0.25) is 0 Å². The molecule has 5 heteroatoms. The van der Waals surface area contributed by atoms with E-state index in [1.165, 1.54) is 0 Å². The lowest BCUT2D eigenvalue weighted by atomic mass is 9.92. The molecule has 1 aromatic carbocycles. The third-order valence-corrected chi connectivity index (χ3v) is 2.90. The zero-order valence-electron chi connectivity index (χ0n) is 11.7. The molecular weight excluding hydrogens is 269 g/mol. The summed E-state index contributed by atoms with van der Waals surface area (Å²) in [7, 11) is 0. The van der Waals surface area contributed by atoms with E-state index in [-0.39, 0.29) is 19.0 Å². The third-order valence-electron chi connectivity index (χ3n) is 2.90. The van der Waals surface area contributed by atoms with Crippen molar-refractivity contribution in [2.24, 2.45) is 5.73 Å². The summed E-state index contributed by atoms with van der Waals surface area (Å²) < 4.78 is 18.6. The molecule has 0 spiro atoms. The molecule has 0 radical (unpaired) electrons. The van der Waals surface area contributed by atoms with E-state index in [9.17, 15) is 9.18 Å². The van der Waals surface area contributed by atoms with Gasteiger partial charge in [0.25, 0.3) is 0 Å². The van der Waals surface area contributed by atoms with Gasteiger partial charge < -0.3 is 10.5 Å². The first-order chi connectivity index (χ1) is 8.38. The molecule has 0 saturated carbocycles. The second kappa shape index (κ2) is 7.46. The lowest BCUT2D eigenvalue weighted by molar-refractivity contribution is -0.149. The molecule has 108 valence electrons. The van der Waals surface area contributed by atoms with Gasteiger partial charge in [-0.25, -0.2) is 9.18 Å². The van der Waals surface area contributed by atoms with Gasteiger partial charge >= 0.3 is 5.97 Å². The van der Waals surface area contributed by atoms with E-state index < -0.39 is 18.2 Å². The molecule has 0 bridgehead atoms. The number of ether oxygens (including phenoxy) is 1. The molecule has 0 amide bonds. The second-order valence-corrected chi connectivity index (χ2v) is 4.49. The molecule has 0 saturated heterocycles. The fourth-order valence-corrected chi connectivity index (χ4v) is 2.23. The van der Waals surface area contributed by atoms with Crippen LogP contribution in [0, 0.1) is 20.8 Å². The quantitative estimate of drug-likeness (QED) is 0.867. The number of aryl methyl sites for hydroxylation is 3. The Labute approximate surface area is 119 Å². The Bertz CT molecular complexity index is 428. The molecule has 19 heavy (non-hydrogen) atoms. The fraction of sp³-hybridized carbons (Fsp3) is 0.500. The molecule has 0 aliphatic carbocycles. The summed E-state index contributed by atoms with van der Waals surface area (Å²) in [5.41, 5.74) is 9.41. The lowest BCUT2D eigenvalue weighted by Gasteiger charge is -2.20. The van der Waals surface area contributed by atoms with Gasteiger partial charge in [-0.2, -0.15) is 0 Å². The number of carbonyl (C=O) groups excluding carboxylic acids is 1. The van der Waals surface area contributed by atoms with Crippen LogP contribution in [0.15, 0.2) is 12.1 Å². The Kier molecular flexibility index (Phi) is 7.01. The number of benzene rings is 1. The summed E-state index contributed by atoms with van der Waals surface area (Å²) >= 11 is 0. The van der Waals surface area contributed by atoms with E-state index in [0.29, 0.717) is 5.56 Å². The summed E-state index contributed by atoms with van der Waals surface area (Å²) in [6.07, 6.45) is -1.83. The van der Waals surface area contributed by atoms with Crippen molar-refractivity contribution in [3.63, 3.8) is 0 Å². The van der Waals surface area contributed by atoms with Gasteiger partial charge in [-0.05, 0) is 44.4 Å². The molecule has 0 aliphatic rings. The Morgan fingerprint density at radius 3 is 2.21 bits per heavy atom. The highest BCUT2D eigenvalue weighted by Gasteiger charge is 2.29. The van der Waals surface area contributed by atoms with Crippen LogP contribution in [0.25, 0.3) is 0 Å². The van der Waals surface area contributed by atoms with E-state index in [2.05, 4.69) is 4.74 Å². The molecule has 3 nitrogen and oxygen atoms in total. The molecule has 1 aromatic rings. The normalized spacial score (nSPS) is 13.4. The van der Waals surface area contributed by atoms with Crippen LogP contribution in [0.3, 0.4) is 0 Å². The van der Waals surface area contributed by atoms with Crippen molar-refractivity contribution in [2.45, 2.75) is 39.9 Å². The lowest BCUT2D eigenvalue weighted by Crippen LogP contribution is -2.32. The van der Waals surface area contributed by atoms with Crippen molar-refractivity contribution in [3.8, 4) is 0 Å². The Hall–Kier alpha value is -1.13. The Morgan fingerprint density at radius 1 is 1.32 bits per heavy atom. The maximum absolute atomic E-state index is 13.9. The average Bonchev–Trinajstić information content (AvgIpc) is 2.26. The Morgan fingerprint density at radius 2 is 1.79 bits per heavy atom. The van der Waals surface area contributed by atoms with E-state index in [0.717, 1.165) is 16.7 Å². The number of rotatable bonds is 4. The number of nitrogens with two attached hydrogens (primary N) is 1. The maximum atomic E-state index is 13.9. The highest BCUT2D eigenvalue weighted by molar-refractivity contribution is 5.85. The number of esters is 1. The smallest absolute Gasteiger partial charge is 0.342 e. The van der Waals surface area contributed by atoms with Gasteiger partial charge in [0, 0.05) is 0 Å². The van der Waals surface area contributed by atoms with Gasteiger partial charge in [0.2, 0.25) is 6.17 Å². The number of halogens is 2. The van der Waals surface area contributed by atoms with E-state index in [4.69, 9.17) is 5.73 Å². The minimum absolute atomic E-state index is 0. The van der Waals surface area contributed by atoms with E-state index in [1.807, 2.05) is 32.9 Å². The van der Waals surface area contributed by atoms with Gasteiger partial charge in [0.1, 0.15) is 0 Å². The summed E-state index contributed by atoms with van der Waals surface area (Å²) in [6, 6.07) is 2.88. The number of carbonyl (C=O) groups is 1. The minimum Gasteiger partial charge on any atom is -0.464 e. The molecular formula is C14H21ClFNO2. The third kappa shape index (κ3) is 4.18. The van der Waals surface area contributed by atoms with Crippen LogP contribution < -0.4 is 5.73 Å². The molecule has 0 aromatic heterocycles. The van der Waals surface area contributed by atoms with Crippen molar-refractivity contribution in [3.05, 3.63) is 34.4 Å². The van der Waals surface area contributed by atoms with Crippen LogP contribution >= 0.6 is 12.4 Å². The fourth-order valence-electron chi connectivity index (χ4n) is 2.23. The number of hydrogen-bond acceptors (Lipinski definition) is 3. The Balaban J connectivity index is 0.00000324. The molecule has 0 heterocycles. The summed E-state index contributed by atoms with van der Waals surface area (Å²) in [6.45, 7) is 7.49. The molecule has 0 fully saturated rings. The first-order valence-electron chi connectivity index (χ1n) is 6.02. The predicted octanol–water partition coefficient (Wildman–Crippen LogP) is 2.93. The molecule has 0 aliphatic heterocycles. The molecule has 2 atom stereocenters. The van der Waals surface area contributed by atoms with E-state index in [1.54, 1.807) is 6.92 Å². The second-order valence-electron chi connectivity index (χ2n) is 4.49. The van der Waals surface area contributed by atoms with Crippen LogP contribution in [0.2, 0.25) is 0 Å². The SMILES string of the molecule is CCOC(=O)C(F)[C@H](N)c1c(C)cc(C)cc1C.Cl. The van der Waals surface area contributed by atoms with Gasteiger partial charge in [0.15, 0.2) is 0 Å². The summed E-state index contributed by atoms with van der Waals surface area (Å²) in [4.78, 5) is 11.4. The zero-order chi connectivity index (χ0) is 13.9. The van der Waals surface area contributed by atoms with Crippen molar-refractivity contribution in [2.75, 3.05) is 6.61 Å². The zero-order valence-corrected chi connectivity index (χ0v) is 12.5. The van der Waals surface area contributed by atoms with Crippen molar-refractivity contribution >= 4 is 18.4 Å². The van der Waals surface area contributed by atoms with Crippen molar-refractivity contribution < 1.29 is 13.9 Å². The monoisotopic (exact) mass is 289 g/mol.